The summed E-state index contributed by atoms with van der Waals surface area (Å²) in [5, 5.41) is 18.6. The molecule has 2 heterocycles. The smallest absolute Gasteiger partial charge is 0.207 e. The molecule has 1 aliphatic heterocycles. The molecule has 0 amide bonds. The minimum Gasteiger partial charge on any atom is -0.492 e. The van der Waals surface area contributed by atoms with Crippen molar-refractivity contribution in [1.82, 2.24) is 15.0 Å². The quantitative estimate of drug-likeness (QED) is 0.697. The van der Waals surface area contributed by atoms with Crippen molar-refractivity contribution in [2.75, 3.05) is 24.6 Å². The Morgan fingerprint density at radius 2 is 1.89 bits per heavy atom. The number of ether oxygens (including phenoxy) is 1. The molecule has 0 spiro atoms. The zero-order chi connectivity index (χ0) is 18.6. The first-order chi connectivity index (χ1) is 13.3. The monoisotopic (exact) mass is 359 g/mol. The molecule has 1 saturated heterocycles. The molecule has 1 atom stereocenters. The number of anilines is 1. The number of nitrogens with zero attached hydrogens (tertiary/aromatic N) is 5. The second-order valence-electron chi connectivity index (χ2n) is 6.52. The van der Waals surface area contributed by atoms with E-state index in [1.807, 2.05) is 37.3 Å². The van der Waals surface area contributed by atoms with Crippen LogP contribution >= 0.6 is 0 Å². The van der Waals surface area contributed by atoms with Crippen LogP contribution in [0, 0.1) is 11.3 Å². The molecule has 6 nitrogen and oxygen atoms in total. The second-order valence-corrected chi connectivity index (χ2v) is 6.52. The number of nitriles is 1. The summed E-state index contributed by atoms with van der Waals surface area (Å²) in [5.41, 5.74) is 2.41. The van der Waals surface area contributed by atoms with Gasteiger partial charge in [0.15, 0.2) is 5.82 Å². The van der Waals surface area contributed by atoms with E-state index in [0.717, 1.165) is 25.2 Å². The van der Waals surface area contributed by atoms with Crippen LogP contribution in [0.2, 0.25) is 0 Å². The third-order valence-electron chi connectivity index (χ3n) is 4.84. The minimum atomic E-state index is 0.343. The molecule has 1 aliphatic rings. The highest BCUT2D eigenvalue weighted by Gasteiger charge is 2.28. The lowest BCUT2D eigenvalue weighted by atomic mass is 9.99. The van der Waals surface area contributed by atoms with Gasteiger partial charge in [0.1, 0.15) is 17.5 Å². The van der Waals surface area contributed by atoms with E-state index in [1.54, 1.807) is 0 Å². The molecule has 4 rings (SSSR count). The van der Waals surface area contributed by atoms with Crippen LogP contribution < -0.4 is 9.64 Å². The second kappa shape index (κ2) is 7.50. The Kier molecular flexibility index (Phi) is 4.75. The number of hydrogen-bond donors (Lipinski definition) is 0. The maximum absolute atomic E-state index is 9.57. The van der Waals surface area contributed by atoms with Crippen molar-refractivity contribution in [1.29, 1.82) is 5.26 Å². The molecule has 0 saturated carbocycles. The maximum atomic E-state index is 9.57. The number of hydrogen-bond acceptors (Lipinski definition) is 5. The fourth-order valence-electron chi connectivity index (χ4n) is 3.54. The molecule has 1 aromatic heterocycles. The normalized spacial score (nSPS) is 16.3. The largest absolute Gasteiger partial charge is 0.492 e. The number of benzene rings is 2. The predicted octanol–water partition coefficient (Wildman–Crippen LogP) is 3.53. The van der Waals surface area contributed by atoms with Crippen LogP contribution in [0.1, 0.15) is 30.5 Å². The topological polar surface area (TPSA) is 67.0 Å². The first-order valence-corrected chi connectivity index (χ1v) is 9.19. The van der Waals surface area contributed by atoms with Crippen molar-refractivity contribution in [2.45, 2.75) is 19.3 Å². The van der Waals surface area contributed by atoms with Gasteiger partial charge in [-0.1, -0.05) is 42.5 Å². The molecule has 6 heteroatoms. The molecule has 1 fully saturated rings. The summed E-state index contributed by atoms with van der Waals surface area (Å²) in [6.07, 6.45) is 1.04. The molecule has 0 aliphatic carbocycles. The van der Waals surface area contributed by atoms with Gasteiger partial charge in [-0.2, -0.15) is 5.26 Å². The van der Waals surface area contributed by atoms with Gasteiger partial charge in [-0.05, 0) is 31.0 Å². The maximum Gasteiger partial charge on any atom is 0.207 e. The van der Waals surface area contributed by atoms with Gasteiger partial charge in [-0.15, -0.1) is 15.0 Å². The third-order valence-corrected chi connectivity index (χ3v) is 4.84. The molecule has 2 aromatic carbocycles. The summed E-state index contributed by atoms with van der Waals surface area (Å²) in [6, 6.07) is 20.3. The average molecular weight is 359 g/mol. The molecule has 136 valence electrons. The van der Waals surface area contributed by atoms with E-state index in [4.69, 9.17) is 4.74 Å². The van der Waals surface area contributed by atoms with Crippen LogP contribution in [0.4, 0.5) is 5.82 Å². The highest BCUT2D eigenvalue weighted by molar-refractivity contribution is 5.53. The lowest BCUT2D eigenvalue weighted by Crippen LogP contribution is -2.20. The van der Waals surface area contributed by atoms with E-state index in [0.29, 0.717) is 29.8 Å². The summed E-state index contributed by atoms with van der Waals surface area (Å²) < 4.78 is 5.68. The fourth-order valence-corrected chi connectivity index (χ4v) is 3.54. The van der Waals surface area contributed by atoms with E-state index in [2.05, 4.69) is 45.4 Å². The average Bonchev–Trinajstić information content (AvgIpc) is 3.36. The molecular weight excluding hydrogens is 338 g/mol. The summed E-state index contributed by atoms with van der Waals surface area (Å²) in [5.74, 6) is 1.79. The Balaban J connectivity index is 1.63. The summed E-state index contributed by atoms with van der Waals surface area (Å²) in [7, 11) is 0. The van der Waals surface area contributed by atoms with E-state index in [1.165, 1.54) is 10.4 Å². The van der Waals surface area contributed by atoms with Gasteiger partial charge in [0.2, 0.25) is 5.69 Å². The molecule has 0 N–H and O–H groups in total. The first-order valence-electron chi connectivity index (χ1n) is 9.19. The fraction of sp³-hybridized carbons (Fsp3) is 0.286. The van der Waals surface area contributed by atoms with Crippen molar-refractivity contribution in [2.24, 2.45) is 0 Å². The highest BCUT2D eigenvalue weighted by atomic mass is 16.5. The predicted molar refractivity (Wildman–Crippen MR) is 103 cm³/mol. The van der Waals surface area contributed by atoms with Gasteiger partial charge in [-0.3, -0.25) is 0 Å². The Morgan fingerprint density at radius 3 is 2.67 bits per heavy atom. The van der Waals surface area contributed by atoms with Crippen molar-refractivity contribution >= 4 is 5.82 Å². The van der Waals surface area contributed by atoms with Crippen LogP contribution in [0.5, 0.6) is 5.75 Å². The Morgan fingerprint density at radius 1 is 1.11 bits per heavy atom. The third kappa shape index (κ3) is 3.36. The Labute approximate surface area is 158 Å². The molecule has 0 unspecified atom stereocenters. The van der Waals surface area contributed by atoms with Gasteiger partial charge < -0.3 is 9.64 Å². The number of rotatable bonds is 5. The SMILES string of the molecule is CCOc1ccccc1-n1nc(C#N)c(N2CC[C@H](c3ccccc3)C2)n1. The highest BCUT2D eigenvalue weighted by Crippen LogP contribution is 2.31. The molecule has 0 radical (unpaired) electrons. The molecular formula is C21H21N5O. The molecule has 27 heavy (non-hydrogen) atoms. The molecule has 0 bridgehead atoms. The van der Waals surface area contributed by atoms with Crippen molar-refractivity contribution in [3.8, 4) is 17.5 Å². The van der Waals surface area contributed by atoms with Gasteiger partial charge in [0.05, 0.1) is 6.61 Å². The summed E-state index contributed by atoms with van der Waals surface area (Å²) in [4.78, 5) is 3.66. The van der Waals surface area contributed by atoms with E-state index in [9.17, 15) is 5.26 Å². The Hall–Kier alpha value is -3.33. The number of aromatic nitrogens is 3. The summed E-state index contributed by atoms with van der Waals surface area (Å²) >= 11 is 0. The van der Waals surface area contributed by atoms with Crippen LogP contribution in [0.3, 0.4) is 0 Å². The standard InChI is InChI=1S/C21H21N5O/c1-2-27-20-11-7-6-10-19(20)26-23-18(14-22)21(24-26)25-13-12-17(15-25)16-8-4-3-5-9-16/h3-11,17H,2,12-13,15H2,1H3/t17-/m0/s1. The number of para-hydroxylation sites is 2. The zero-order valence-electron chi connectivity index (χ0n) is 15.2. The Bertz CT molecular complexity index is 960. The van der Waals surface area contributed by atoms with Crippen molar-refractivity contribution < 1.29 is 4.74 Å². The van der Waals surface area contributed by atoms with Crippen molar-refractivity contribution in [3.63, 3.8) is 0 Å². The lowest BCUT2D eigenvalue weighted by Gasteiger charge is -2.15. The van der Waals surface area contributed by atoms with Crippen molar-refractivity contribution in [3.05, 3.63) is 65.9 Å². The van der Waals surface area contributed by atoms with E-state index >= 15 is 0 Å². The molecule has 3 aromatic rings. The van der Waals surface area contributed by atoms with Crippen LogP contribution in [0.15, 0.2) is 54.6 Å². The first kappa shape index (κ1) is 17.1. The lowest BCUT2D eigenvalue weighted by molar-refractivity contribution is 0.337. The zero-order valence-corrected chi connectivity index (χ0v) is 15.2. The van der Waals surface area contributed by atoms with Gasteiger partial charge >= 0.3 is 0 Å². The minimum absolute atomic E-state index is 0.343. The van der Waals surface area contributed by atoms with E-state index < -0.39 is 0 Å². The summed E-state index contributed by atoms with van der Waals surface area (Å²) in [6.45, 7) is 4.19. The van der Waals surface area contributed by atoms with Gasteiger partial charge in [0.25, 0.3) is 0 Å². The van der Waals surface area contributed by atoms with Crippen LogP contribution in [0.25, 0.3) is 5.69 Å². The van der Waals surface area contributed by atoms with Gasteiger partial charge in [0, 0.05) is 19.0 Å². The van der Waals surface area contributed by atoms with E-state index in [-0.39, 0.29) is 0 Å². The van der Waals surface area contributed by atoms with Gasteiger partial charge in [-0.25, -0.2) is 0 Å². The van der Waals surface area contributed by atoms with Crippen LogP contribution in [-0.4, -0.2) is 34.7 Å². The van der Waals surface area contributed by atoms with Crippen LogP contribution in [-0.2, 0) is 0 Å².